The van der Waals surface area contributed by atoms with Crippen LogP contribution in [0.2, 0.25) is 0 Å². The van der Waals surface area contributed by atoms with Crippen LogP contribution in [0.3, 0.4) is 0 Å². The van der Waals surface area contributed by atoms with E-state index in [0.29, 0.717) is 0 Å². The Morgan fingerprint density at radius 3 is 2.55 bits per heavy atom. The largest absolute Gasteiger partial charge is 0.494 e. The van der Waals surface area contributed by atoms with Gasteiger partial charge in [0.2, 0.25) is 0 Å². The molecule has 2 nitrogen and oxygen atoms in total. The van der Waals surface area contributed by atoms with E-state index in [1.165, 1.54) is 13.2 Å². The summed E-state index contributed by atoms with van der Waals surface area (Å²) in [5.41, 5.74) is 3.04. The summed E-state index contributed by atoms with van der Waals surface area (Å²) in [5, 5.41) is 3.36. The molecule has 1 N–H and O–H groups in total. The smallest absolute Gasteiger partial charge is 0.165 e. The van der Waals surface area contributed by atoms with Crippen LogP contribution in [0.4, 0.5) is 10.1 Å². The lowest BCUT2D eigenvalue weighted by Crippen LogP contribution is -2.07. The van der Waals surface area contributed by atoms with Crippen LogP contribution in [0.25, 0.3) is 0 Å². The monoisotopic (exact) mass is 337 g/mol. The number of anilines is 1. The third kappa shape index (κ3) is 3.31. The lowest BCUT2D eigenvalue weighted by molar-refractivity contribution is 0.386. The van der Waals surface area contributed by atoms with Gasteiger partial charge in [-0.3, -0.25) is 0 Å². The molecule has 0 amide bonds. The summed E-state index contributed by atoms with van der Waals surface area (Å²) in [6, 6.07) is 11.1. The number of methoxy groups -OCH3 is 1. The fourth-order valence-corrected chi connectivity index (χ4v) is 2.27. The highest BCUT2D eigenvalue weighted by atomic mass is 79.9. The SMILES string of the molecule is COc1ccc(C(C)Nc2ccc(Br)c(C)c2)cc1F. The lowest BCUT2D eigenvalue weighted by Gasteiger charge is -2.17. The van der Waals surface area contributed by atoms with Crippen LogP contribution in [0.15, 0.2) is 40.9 Å². The quantitative estimate of drug-likeness (QED) is 0.840. The Labute approximate surface area is 127 Å². The molecular weight excluding hydrogens is 321 g/mol. The van der Waals surface area contributed by atoms with Crippen LogP contribution in [0, 0.1) is 12.7 Å². The molecule has 0 aliphatic heterocycles. The second-order valence-electron chi connectivity index (χ2n) is 4.72. The van der Waals surface area contributed by atoms with E-state index < -0.39 is 0 Å². The van der Waals surface area contributed by atoms with Gasteiger partial charge in [-0.2, -0.15) is 0 Å². The van der Waals surface area contributed by atoms with Gasteiger partial charge in [0.15, 0.2) is 11.6 Å². The van der Waals surface area contributed by atoms with Crippen LogP contribution in [0.5, 0.6) is 5.75 Å². The number of aryl methyl sites for hydroxylation is 1. The third-order valence-electron chi connectivity index (χ3n) is 3.22. The topological polar surface area (TPSA) is 21.3 Å². The first-order valence-corrected chi connectivity index (χ1v) is 7.16. The molecule has 0 radical (unpaired) electrons. The molecule has 0 bridgehead atoms. The molecule has 0 fully saturated rings. The molecule has 20 heavy (non-hydrogen) atoms. The minimum absolute atomic E-state index is 0.0102. The van der Waals surface area contributed by atoms with Crippen molar-refractivity contribution in [1.29, 1.82) is 0 Å². The van der Waals surface area contributed by atoms with Gasteiger partial charge in [0, 0.05) is 16.2 Å². The molecule has 2 aromatic rings. The summed E-state index contributed by atoms with van der Waals surface area (Å²) in [6.07, 6.45) is 0. The maximum atomic E-state index is 13.7. The van der Waals surface area contributed by atoms with Crippen molar-refractivity contribution < 1.29 is 9.13 Å². The van der Waals surface area contributed by atoms with Crippen LogP contribution >= 0.6 is 15.9 Å². The first kappa shape index (κ1) is 14.9. The lowest BCUT2D eigenvalue weighted by atomic mass is 10.1. The molecule has 2 aromatic carbocycles. The van der Waals surface area contributed by atoms with Crippen molar-refractivity contribution >= 4 is 21.6 Å². The predicted molar refractivity (Wildman–Crippen MR) is 83.9 cm³/mol. The highest BCUT2D eigenvalue weighted by Gasteiger charge is 2.10. The molecule has 0 aliphatic rings. The highest BCUT2D eigenvalue weighted by molar-refractivity contribution is 9.10. The summed E-state index contributed by atoms with van der Waals surface area (Å²) >= 11 is 3.47. The molecule has 2 rings (SSSR count). The van der Waals surface area contributed by atoms with E-state index in [9.17, 15) is 4.39 Å². The minimum atomic E-state index is -0.342. The van der Waals surface area contributed by atoms with E-state index in [4.69, 9.17) is 4.74 Å². The van der Waals surface area contributed by atoms with Gasteiger partial charge in [-0.05, 0) is 55.3 Å². The van der Waals surface area contributed by atoms with E-state index in [1.54, 1.807) is 6.07 Å². The molecule has 0 saturated heterocycles. The number of ether oxygens (including phenoxy) is 1. The number of hydrogen-bond donors (Lipinski definition) is 1. The first-order chi connectivity index (χ1) is 9.51. The molecule has 0 aromatic heterocycles. The minimum Gasteiger partial charge on any atom is -0.494 e. The fourth-order valence-electron chi connectivity index (χ4n) is 2.02. The second kappa shape index (κ2) is 6.27. The molecule has 4 heteroatoms. The third-order valence-corrected chi connectivity index (χ3v) is 4.11. The predicted octanol–water partition coefficient (Wildman–Crippen LogP) is 5.08. The van der Waals surface area contributed by atoms with Gasteiger partial charge in [-0.1, -0.05) is 22.0 Å². The van der Waals surface area contributed by atoms with E-state index >= 15 is 0 Å². The van der Waals surface area contributed by atoms with E-state index in [1.807, 2.05) is 32.0 Å². The average Bonchev–Trinajstić information content (AvgIpc) is 2.42. The summed E-state index contributed by atoms with van der Waals surface area (Å²) in [7, 11) is 1.46. The van der Waals surface area contributed by atoms with Gasteiger partial charge in [-0.15, -0.1) is 0 Å². The van der Waals surface area contributed by atoms with Crippen LogP contribution < -0.4 is 10.1 Å². The normalized spacial score (nSPS) is 12.1. The summed E-state index contributed by atoms with van der Waals surface area (Å²) in [5.74, 6) is -0.0777. The van der Waals surface area contributed by atoms with Crippen molar-refractivity contribution in [3.05, 3.63) is 57.8 Å². The maximum Gasteiger partial charge on any atom is 0.165 e. The van der Waals surface area contributed by atoms with Gasteiger partial charge in [0.05, 0.1) is 7.11 Å². The summed E-state index contributed by atoms with van der Waals surface area (Å²) in [6.45, 7) is 4.03. The van der Waals surface area contributed by atoms with Gasteiger partial charge >= 0.3 is 0 Å². The molecular formula is C16H17BrFNO. The van der Waals surface area contributed by atoms with Crippen molar-refractivity contribution in [2.24, 2.45) is 0 Å². The molecule has 0 aliphatic carbocycles. The van der Waals surface area contributed by atoms with Crippen molar-refractivity contribution in [1.82, 2.24) is 0 Å². The number of benzene rings is 2. The van der Waals surface area contributed by atoms with Crippen LogP contribution in [-0.2, 0) is 0 Å². The van der Waals surface area contributed by atoms with E-state index in [2.05, 4.69) is 27.3 Å². The van der Waals surface area contributed by atoms with Gasteiger partial charge < -0.3 is 10.1 Å². The van der Waals surface area contributed by atoms with E-state index in [0.717, 1.165) is 21.3 Å². The number of nitrogens with one attached hydrogen (secondary N) is 1. The fraction of sp³-hybridized carbons (Fsp3) is 0.250. The Kier molecular flexibility index (Phi) is 4.65. The summed E-state index contributed by atoms with van der Waals surface area (Å²) < 4.78 is 19.7. The first-order valence-electron chi connectivity index (χ1n) is 6.37. The van der Waals surface area contributed by atoms with E-state index in [-0.39, 0.29) is 17.6 Å². The van der Waals surface area contributed by atoms with Crippen molar-refractivity contribution in [3.63, 3.8) is 0 Å². The Hall–Kier alpha value is -1.55. The van der Waals surface area contributed by atoms with Crippen molar-refractivity contribution in [3.8, 4) is 5.75 Å². The molecule has 1 unspecified atom stereocenters. The standard InChI is InChI=1S/C16H17BrFNO/c1-10-8-13(5-6-14(10)17)19-11(2)12-4-7-16(20-3)15(18)9-12/h4-9,11,19H,1-3H3. The van der Waals surface area contributed by atoms with Gasteiger partial charge in [-0.25, -0.2) is 4.39 Å². The highest BCUT2D eigenvalue weighted by Crippen LogP contribution is 2.26. The number of halogens is 2. The average molecular weight is 338 g/mol. The maximum absolute atomic E-state index is 13.7. The summed E-state index contributed by atoms with van der Waals surface area (Å²) in [4.78, 5) is 0. The zero-order valence-electron chi connectivity index (χ0n) is 11.7. The Bertz CT molecular complexity index is 615. The number of hydrogen-bond acceptors (Lipinski definition) is 2. The molecule has 0 saturated carbocycles. The van der Waals surface area contributed by atoms with Gasteiger partial charge in [0.1, 0.15) is 0 Å². The number of rotatable bonds is 4. The zero-order chi connectivity index (χ0) is 14.7. The Balaban J connectivity index is 2.17. The van der Waals surface area contributed by atoms with Crippen molar-refractivity contribution in [2.45, 2.75) is 19.9 Å². The molecule has 0 heterocycles. The Morgan fingerprint density at radius 1 is 1.20 bits per heavy atom. The van der Waals surface area contributed by atoms with Crippen LogP contribution in [-0.4, -0.2) is 7.11 Å². The Morgan fingerprint density at radius 2 is 1.95 bits per heavy atom. The molecule has 1 atom stereocenters. The molecule has 106 valence electrons. The molecule has 0 spiro atoms. The van der Waals surface area contributed by atoms with Crippen molar-refractivity contribution in [2.75, 3.05) is 12.4 Å². The zero-order valence-corrected chi connectivity index (χ0v) is 13.3. The second-order valence-corrected chi connectivity index (χ2v) is 5.58. The van der Waals surface area contributed by atoms with Crippen LogP contribution in [0.1, 0.15) is 24.1 Å². The van der Waals surface area contributed by atoms with Gasteiger partial charge in [0.25, 0.3) is 0 Å².